The van der Waals surface area contributed by atoms with E-state index >= 15 is 0 Å². The molecule has 7 aromatic rings. The van der Waals surface area contributed by atoms with Crippen LogP contribution in [0.2, 0.25) is 0 Å². The second-order valence-electron chi connectivity index (χ2n) is 11.9. The predicted octanol–water partition coefficient (Wildman–Crippen LogP) is 12.0. The zero-order chi connectivity index (χ0) is 29.9. The Balaban J connectivity index is 1.26. The number of anilines is 3. The van der Waals surface area contributed by atoms with Crippen LogP contribution in [0.3, 0.4) is 0 Å². The molecule has 1 heteroatoms. The van der Waals surface area contributed by atoms with Gasteiger partial charge < -0.3 is 4.90 Å². The first-order chi connectivity index (χ1) is 21.6. The molecule has 1 nitrogen and oxygen atoms in total. The molecule has 44 heavy (non-hydrogen) atoms. The molecule has 0 atom stereocenters. The number of benzene rings is 7. The van der Waals surface area contributed by atoms with Crippen LogP contribution in [0.5, 0.6) is 0 Å². The molecule has 7 aromatic carbocycles. The highest BCUT2D eigenvalue weighted by atomic mass is 15.1. The Kier molecular flexibility index (Phi) is 7.30. The third-order valence-electron chi connectivity index (χ3n) is 8.78. The van der Waals surface area contributed by atoms with Gasteiger partial charge in [-0.05, 0) is 86.6 Å². The maximum atomic E-state index is 2.35. The number of nitrogens with zero attached hydrogens (tertiary/aromatic N) is 1. The van der Waals surface area contributed by atoms with E-state index in [0.717, 1.165) is 17.1 Å². The van der Waals surface area contributed by atoms with Crippen molar-refractivity contribution in [1.29, 1.82) is 0 Å². The predicted molar refractivity (Wildman–Crippen MR) is 188 cm³/mol. The zero-order valence-electron chi connectivity index (χ0n) is 25.2. The first-order valence-corrected chi connectivity index (χ1v) is 15.3. The second-order valence-corrected chi connectivity index (χ2v) is 11.9. The summed E-state index contributed by atoms with van der Waals surface area (Å²) in [6.45, 7) is 4.59. The fourth-order valence-corrected chi connectivity index (χ4v) is 6.10. The van der Waals surface area contributed by atoms with Crippen molar-refractivity contribution < 1.29 is 0 Å². The molecule has 0 aliphatic rings. The largest absolute Gasteiger partial charge is 0.311 e. The summed E-state index contributed by atoms with van der Waals surface area (Å²) in [5.41, 5.74) is 10.7. The van der Waals surface area contributed by atoms with E-state index in [1.54, 1.807) is 0 Å². The second kappa shape index (κ2) is 11.7. The van der Waals surface area contributed by atoms with Crippen molar-refractivity contribution in [1.82, 2.24) is 0 Å². The molecule has 0 amide bonds. The van der Waals surface area contributed by atoms with Gasteiger partial charge in [-0.3, -0.25) is 0 Å². The summed E-state index contributed by atoms with van der Waals surface area (Å²) in [6.07, 6.45) is 0. The van der Waals surface area contributed by atoms with Gasteiger partial charge in [-0.2, -0.15) is 0 Å². The van der Waals surface area contributed by atoms with E-state index in [9.17, 15) is 0 Å². The summed E-state index contributed by atoms with van der Waals surface area (Å²) in [7, 11) is 0. The number of hydrogen-bond acceptors (Lipinski definition) is 1. The molecule has 0 aliphatic carbocycles. The summed E-state index contributed by atoms with van der Waals surface area (Å²) in [4.78, 5) is 2.35. The molecular weight excluding hydrogens is 530 g/mol. The van der Waals surface area contributed by atoms with Gasteiger partial charge in [0.15, 0.2) is 0 Å². The third-order valence-corrected chi connectivity index (χ3v) is 8.78. The van der Waals surface area contributed by atoms with Gasteiger partial charge in [-0.1, -0.05) is 147 Å². The van der Waals surface area contributed by atoms with Crippen LogP contribution < -0.4 is 4.90 Å². The fraction of sp³-hybridized carbons (Fsp3) is 0.0698. The molecule has 0 N–H and O–H groups in total. The van der Waals surface area contributed by atoms with Crippen molar-refractivity contribution in [2.24, 2.45) is 0 Å². The molecule has 7 rings (SSSR count). The van der Waals surface area contributed by atoms with Crippen molar-refractivity contribution in [3.8, 4) is 22.3 Å². The Labute approximate surface area is 260 Å². The maximum absolute atomic E-state index is 2.35. The standard InChI is InChI=1S/C43H35N/c1-43(2,38-15-7-4-8-16-38)39-23-29-42(30-24-39)44(40-25-19-34(20-26-40)32-11-5-3-6-12-32)41-27-21-35(22-28-41)37-18-17-33-13-9-10-14-36(33)31-37/h3-31H,1-2H3. The molecule has 0 heterocycles. The normalized spacial score (nSPS) is 11.4. The molecule has 212 valence electrons. The molecule has 0 radical (unpaired) electrons. The zero-order valence-corrected chi connectivity index (χ0v) is 25.2. The minimum absolute atomic E-state index is 0.0938. The maximum Gasteiger partial charge on any atom is 0.0462 e. The first-order valence-electron chi connectivity index (χ1n) is 15.3. The molecule has 0 bridgehead atoms. The lowest BCUT2D eigenvalue weighted by atomic mass is 9.78. The first kappa shape index (κ1) is 27.4. The SMILES string of the molecule is CC(C)(c1ccccc1)c1ccc(N(c2ccc(-c3ccccc3)cc2)c2ccc(-c3ccc4ccccc4c3)cc2)cc1. The topological polar surface area (TPSA) is 3.24 Å². The van der Waals surface area contributed by atoms with Crippen LogP contribution in [-0.4, -0.2) is 0 Å². The summed E-state index contributed by atoms with van der Waals surface area (Å²) in [5.74, 6) is 0. The monoisotopic (exact) mass is 565 g/mol. The molecule has 0 saturated heterocycles. The Morgan fingerprint density at radius 1 is 0.341 bits per heavy atom. The lowest BCUT2D eigenvalue weighted by molar-refractivity contribution is 0.641. The van der Waals surface area contributed by atoms with Crippen molar-refractivity contribution in [2.45, 2.75) is 19.3 Å². The summed E-state index contributed by atoms with van der Waals surface area (Å²) >= 11 is 0. The van der Waals surface area contributed by atoms with Crippen molar-refractivity contribution in [3.05, 3.63) is 187 Å². The highest BCUT2D eigenvalue weighted by Gasteiger charge is 2.23. The summed E-state index contributed by atoms with van der Waals surface area (Å²) < 4.78 is 0. The van der Waals surface area contributed by atoms with E-state index in [4.69, 9.17) is 0 Å². The quantitative estimate of drug-likeness (QED) is 0.186. The lowest BCUT2D eigenvalue weighted by Crippen LogP contribution is -2.19. The van der Waals surface area contributed by atoms with Crippen LogP contribution in [0, 0.1) is 0 Å². The Bertz CT molecular complexity index is 1990. The smallest absolute Gasteiger partial charge is 0.0462 e. The van der Waals surface area contributed by atoms with Gasteiger partial charge in [0.2, 0.25) is 0 Å². The van der Waals surface area contributed by atoms with Gasteiger partial charge in [0, 0.05) is 22.5 Å². The Morgan fingerprint density at radius 2 is 0.750 bits per heavy atom. The number of fused-ring (bicyclic) bond motifs is 1. The van der Waals surface area contributed by atoms with E-state index < -0.39 is 0 Å². The van der Waals surface area contributed by atoms with Gasteiger partial charge in [0.05, 0.1) is 0 Å². The Hall–Kier alpha value is -5.40. The van der Waals surface area contributed by atoms with Gasteiger partial charge in [-0.25, -0.2) is 0 Å². The van der Waals surface area contributed by atoms with E-state index in [0.29, 0.717) is 0 Å². The van der Waals surface area contributed by atoms with Gasteiger partial charge >= 0.3 is 0 Å². The average molecular weight is 566 g/mol. The number of hydrogen-bond donors (Lipinski definition) is 0. The van der Waals surface area contributed by atoms with Crippen LogP contribution in [0.15, 0.2) is 176 Å². The summed E-state index contributed by atoms with van der Waals surface area (Å²) in [5, 5.41) is 2.52. The van der Waals surface area contributed by atoms with E-state index in [1.165, 1.54) is 44.2 Å². The number of rotatable bonds is 7. The van der Waals surface area contributed by atoms with E-state index in [-0.39, 0.29) is 5.41 Å². The molecule has 0 aromatic heterocycles. The van der Waals surface area contributed by atoms with Crippen LogP contribution in [0.4, 0.5) is 17.1 Å². The van der Waals surface area contributed by atoms with Gasteiger partial charge in [0.1, 0.15) is 0 Å². The average Bonchev–Trinajstić information content (AvgIpc) is 3.10. The molecule has 0 spiro atoms. The molecule has 0 aliphatic heterocycles. The Morgan fingerprint density at radius 3 is 1.34 bits per heavy atom. The van der Waals surface area contributed by atoms with Crippen LogP contribution >= 0.6 is 0 Å². The fourth-order valence-electron chi connectivity index (χ4n) is 6.10. The van der Waals surface area contributed by atoms with Gasteiger partial charge in [-0.15, -0.1) is 0 Å². The van der Waals surface area contributed by atoms with Crippen LogP contribution in [0.1, 0.15) is 25.0 Å². The molecule has 0 fully saturated rings. The minimum Gasteiger partial charge on any atom is -0.311 e. The highest BCUT2D eigenvalue weighted by Crippen LogP contribution is 2.39. The van der Waals surface area contributed by atoms with Crippen molar-refractivity contribution >= 4 is 27.8 Å². The van der Waals surface area contributed by atoms with Gasteiger partial charge in [0.25, 0.3) is 0 Å². The molecular formula is C43H35N. The minimum atomic E-state index is -0.0938. The highest BCUT2D eigenvalue weighted by molar-refractivity contribution is 5.88. The molecule has 0 unspecified atom stereocenters. The van der Waals surface area contributed by atoms with E-state index in [2.05, 4.69) is 195 Å². The van der Waals surface area contributed by atoms with Crippen molar-refractivity contribution in [3.63, 3.8) is 0 Å². The summed E-state index contributed by atoms with van der Waals surface area (Å²) in [6, 6.07) is 63.4. The van der Waals surface area contributed by atoms with Crippen LogP contribution in [0.25, 0.3) is 33.0 Å². The third kappa shape index (κ3) is 5.41. The molecule has 0 saturated carbocycles. The lowest BCUT2D eigenvalue weighted by Gasteiger charge is -2.29. The van der Waals surface area contributed by atoms with Crippen molar-refractivity contribution in [2.75, 3.05) is 4.90 Å². The van der Waals surface area contributed by atoms with E-state index in [1.807, 2.05) is 0 Å². The van der Waals surface area contributed by atoms with Crippen LogP contribution in [-0.2, 0) is 5.41 Å².